The zero-order chi connectivity index (χ0) is 19.1. The number of piperazine rings is 1. The summed E-state index contributed by atoms with van der Waals surface area (Å²) in [5.74, 6) is 1.19. The number of amides is 1. The van der Waals surface area contributed by atoms with Crippen LogP contribution in [0.2, 0.25) is 0 Å². The maximum absolute atomic E-state index is 12.2. The number of carbonyl (C=O) groups excluding carboxylic acids is 1. The zero-order valence-corrected chi connectivity index (χ0v) is 20.0. The van der Waals surface area contributed by atoms with Gasteiger partial charge < -0.3 is 20.4 Å². The Labute approximate surface area is 182 Å². The maximum Gasteiger partial charge on any atom is 0.225 e. The van der Waals surface area contributed by atoms with Gasteiger partial charge in [-0.3, -0.25) is 14.7 Å². The third-order valence-electron chi connectivity index (χ3n) is 5.35. The van der Waals surface area contributed by atoms with E-state index in [1.54, 1.807) is 0 Å². The van der Waals surface area contributed by atoms with Gasteiger partial charge in [-0.25, -0.2) is 0 Å². The lowest BCUT2D eigenvalue weighted by molar-refractivity contribution is -0.133. The Morgan fingerprint density at radius 2 is 1.81 bits per heavy atom. The fourth-order valence-electron chi connectivity index (χ4n) is 3.56. The molecule has 2 atom stereocenters. The number of guanidine groups is 1. The molecule has 2 fully saturated rings. The topological polar surface area (TPSA) is 63.2 Å². The first-order valence-corrected chi connectivity index (χ1v) is 10.2. The lowest BCUT2D eigenvalue weighted by atomic mass is 10.2. The molecule has 2 saturated heterocycles. The van der Waals surface area contributed by atoms with Gasteiger partial charge in [0.25, 0.3) is 0 Å². The molecule has 158 valence electrons. The summed E-state index contributed by atoms with van der Waals surface area (Å²) in [5, 5.41) is 6.87. The molecule has 0 aromatic carbocycles. The first kappa shape index (κ1) is 24.4. The molecule has 2 N–H and O–H groups in total. The maximum atomic E-state index is 12.2. The van der Waals surface area contributed by atoms with Crippen molar-refractivity contribution in [1.29, 1.82) is 0 Å². The summed E-state index contributed by atoms with van der Waals surface area (Å²) in [6, 6.07) is 0.733. The Kier molecular flexibility index (Phi) is 10.9. The van der Waals surface area contributed by atoms with Crippen molar-refractivity contribution in [3.05, 3.63) is 0 Å². The van der Waals surface area contributed by atoms with Crippen LogP contribution in [-0.2, 0) is 4.79 Å². The van der Waals surface area contributed by atoms with Gasteiger partial charge in [-0.15, -0.1) is 24.0 Å². The number of aliphatic imine (C=N–C) groups is 1. The highest BCUT2D eigenvalue weighted by atomic mass is 127. The summed E-state index contributed by atoms with van der Waals surface area (Å²) >= 11 is 0. The van der Waals surface area contributed by atoms with Gasteiger partial charge in [-0.2, -0.15) is 0 Å². The van der Waals surface area contributed by atoms with Crippen molar-refractivity contribution in [3.8, 4) is 0 Å². The first-order chi connectivity index (χ1) is 12.4. The molecule has 2 unspecified atom stereocenters. The molecule has 0 saturated carbocycles. The molecule has 2 heterocycles. The Hall–Kier alpha value is -0.610. The quantitative estimate of drug-likeness (QED) is 0.329. The van der Waals surface area contributed by atoms with E-state index in [-0.39, 0.29) is 41.8 Å². The average Bonchev–Trinajstić information content (AvgIpc) is 3.07. The second-order valence-electron chi connectivity index (χ2n) is 7.98. The summed E-state index contributed by atoms with van der Waals surface area (Å²) in [6.45, 7) is 16.0. The van der Waals surface area contributed by atoms with Crippen molar-refractivity contribution in [2.75, 3.05) is 59.4 Å². The number of carbonyl (C=O) groups is 1. The predicted molar refractivity (Wildman–Crippen MR) is 123 cm³/mol. The van der Waals surface area contributed by atoms with E-state index < -0.39 is 0 Å². The third-order valence-corrected chi connectivity index (χ3v) is 5.35. The molecule has 7 nitrogen and oxygen atoms in total. The van der Waals surface area contributed by atoms with Crippen LogP contribution in [-0.4, -0.2) is 98.1 Å². The van der Waals surface area contributed by atoms with Crippen molar-refractivity contribution in [2.45, 2.75) is 46.2 Å². The molecule has 27 heavy (non-hydrogen) atoms. The minimum absolute atomic E-state index is 0. The molecule has 0 aromatic heterocycles. The smallest absolute Gasteiger partial charge is 0.225 e. The SMILES string of the molecule is CCNC(=NCC(C)N1CCN(C)CC1)NC1CCN(C(=O)C(C)C)C1.I. The van der Waals surface area contributed by atoms with Gasteiger partial charge >= 0.3 is 0 Å². The van der Waals surface area contributed by atoms with Crippen molar-refractivity contribution in [3.63, 3.8) is 0 Å². The Balaban J connectivity index is 0.00000364. The first-order valence-electron chi connectivity index (χ1n) is 10.2. The molecule has 2 aliphatic rings. The van der Waals surface area contributed by atoms with Crippen molar-refractivity contribution >= 4 is 35.8 Å². The van der Waals surface area contributed by atoms with Crippen molar-refractivity contribution in [1.82, 2.24) is 25.3 Å². The van der Waals surface area contributed by atoms with Crippen LogP contribution in [0.5, 0.6) is 0 Å². The van der Waals surface area contributed by atoms with E-state index >= 15 is 0 Å². The minimum atomic E-state index is 0. The van der Waals surface area contributed by atoms with Crippen LogP contribution in [0.1, 0.15) is 34.1 Å². The molecule has 0 aromatic rings. The summed E-state index contributed by atoms with van der Waals surface area (Å²) in [7, 11) is 2.18. The fourth-order valence-corrected chi connectivity index (χ4v) is 3.56. The van der Waals surface area contributed by atoms with Crippen LogP contribution in [0.3, 0.4) is 0 Å². The normalized spacial score (nSPS) is 23.3. The van der Waals surface area contributed by atoms with Crippen LogP contribution in [0.25, 0.3) is 0 Å². The van der Waals surface area contributed by atoms with Gasteiger partial charge in [0.05, 0.1) is 6.54 Å². The van der Waals surface area contributed by atoms with Crippen LogP contribution in [0.4, 0.5) is 0 Å². The number of likely N-dealkylation sites (tertiary alicyclic amines) is 1. The standard InChI is InChI=1S/C19H38N6O.HI/c1-6-20-19(21-13-16(4)24-11-9-23(5)10-12-24)22-17-7-8-25(14-17)18(26)15(2)3;/h15-17H,6-14H2,1-5H3,(H2,20,21,22);1H. The number of hydrogen-bond acceptors (Lipinski definition) is 4. The number of rotatable bonds is 6. The van der Waals surface area contributed by atoms with Crippen LogP contribution in [0, 0.1) is 5.92 Å². The van der Waals surface area contributed by atoms with E-state index in [0.717, 1.165) is 64.7 Å². The number of likely N-dealkylation sites (N-methyl/N-ethyl adjacent to an activating group) is 1. The van der Waals surface area contributed by atoms with Crippen LogP contribution < -0.4 is 10.6 Å². The Morgan fingerprint density at radius 3 is 2.41 bits per heavy atom. The van der Waals surface area contributed by atoms with E-state index in [1.165, 1.54) is 0 Å². The second-order valence-corrected chi connectivity index (χ2v) is 7.98. The Bertz CT molecular complexity index is 479. The van der Waals surface area contributed by atoms with E-state index in [9.17, 15) is 4.79 Å². The number of hydrogen-bond donors (Lipinski definition) is 2. The molecule has 2 aliphatic heterocycles. The summed E-state index contributed by atoms with van der Waals surface area (Å²) in [5.41, 5.74) is 0. The second kappa shape index (κ2) is 12.1. The summed E-state index contributed by atoms with van der Waals surface area (Å²) in [4.78, 5) is 23.8. The van der Waals surface area contributed by atoms with E-state index in [1.807, 2.05) is 18.7 Å². The lowest BCUT2D eigenvalue weighted by Crippen LogP contribution is -2.49. The van der Waals surface area contributed by atoms with Crippen LogP contribution >= 0.6 is 24.0 Å². The molecule has 8 heteroatoms. The van der Waals surface area contributed by atoms with Crippen molar-refractivity contribution < 1.29 is 4.79 Å². The monoisotopic (exact) mass is 494 g/mol. The molecule has 0 aliphatic carbocycles. The predicted octanol–water partition coefficient (Wildman–Crippen LogP) is 1.05. The molecule has 0 radical (unpaired) electrons. The average molecular weight is 494 g/mol. The van der Waals surface area contributed by atoms with Gasteiger partial charge in [-0.1, -0.05) is 13.8 Å². The molecule has 0 spiro atoms. The molecule has 2 rings (SSSR count). The van der Waals surface area contributed by atoms with Gasteiger partial charge in [0.15, 0.2) is 5.96 Å². The van der Waals surface area contributed by atoms with Crippen molar-refractivity contribution in [2.24, 2.45) is 10.9 Å². The third kappa shape index (κ3) is 7.73. The molecular weight excluding hydrogens is 455 g/mol. The van der Waals surface area contributed by atoms with E-state index in [0.29, 0.717) is 6.04 Å². The summed E-state index contributed by atoms with van der Waals surface area (Å²) in [6.07, 6.45) is 0.983. The van der Waals surface area contributed by atoms with E-state index in [4.69, 9.17) is 4.99 Å². The largest absolute Gasteiger partial charge is 0.357 e. The zero-order valence-electron chi connectivity index (χ0n) is 17.7. The summed E-state index contributed by atoms with van der Waals surface area (Å²) < 4.78 is 0. The molecule has 1 amide bonds. The molecular formula is C19H39IN6O. The Morgan fingerprint density at radius 1 is 1.15 bits per heavy atom. The number of nitrogens with zero attached hydrogens (tertiary/aromatic N) is 4. The highest BCUT2D eigenvalue weighted by Gasteiger charge is 2.28. The fraction of sp³-hybridized carbons (Fsp3) is 0.895. The van der Waals surface area contributed by atoms with Gasteiger partial charge in [0.1, 0.15) is 0 Å². The minimum Gasteiger partial charge on any atom is -0.357 e. The highest BCUT2D eigenvalue weighted by Crippen LogP contribution is 2.13. The number of halogens is 1. The van der Waals surface area contributed by atoms with Gasteiger partial charge in [0.2, 0.25) is 5.91 Å². The van der Waals surface area contributed by atoms with Crippen LogP contribution in [0.15, 0.2) is 4.99 Å². The number of nitrogens with one attached hydrogen (secondary N) is 2. The molecule has 0 bridgehead atoms. The van der Waals surface area contributed by atoms with Gasteiger partial charge in [0, 0.05) is 63.8 Å². The van der Waals surface area contributed by atoms with E-state index in [2.05, 4.69) is 41.3 Å². The lowest BCUT2D eigenvalue weighted by Gasteiger charge is -2.36. The highest BCUT2D eigenvalue weighted by molar-refractivity contribution is 14.0. The van der Waals surface area contributed by atoms with Gasteiger partial charge in [-0.05, 0) is 27.3 Å².